The summed E-state index contributed by atoms with van der Waals surface area (Å²) in [4.78, 5) is 23.5. The fourth-order valence-corrected chi connectivity index (χ4v) is 3.18. The minimum atomic E-state index is -0.222. The van der Waals surface area contributed by atoms with Crippen molar-refractivity contribution in [3.63, 3.8) is 0 Å². The Balaban J connectivity index is 1.84. The van der Waals surface area contributed by atoms with Crippen LogP contribution < -0.4 is 0 Å². The van der Waals surface area contributed by atoms with E-state index in [1.54, 1.807) is 31.5 Å². The maximum atomic E-state index is 12.9. The quantitative estimate of drug-likeness (QED) is 0.848. The number of nitrogens with zero attached hydrogens (tertiary/aromatic N) is 3. The van der Waals surface area contributed by atoms with Gasteiger partial charge in [-0.15, -0.1) is 0 Å². The second-order valence-electron chi connectivity index (χ2n) is 6.18. The fourth-order valence-electron chi connectivity index (χ4n) is 3.18. The Morgan fingerprint density at radius 2 is 2.12 bits per heavy atom. The van der Waals surface area contributed by atoms with E-state index >= 15 is 0 Å². The lowest BCUT2D eigenvalue weighted by Crippen LogP contribution is -2.34. The molecule has 24 heavy (non-hydrogen) atoms. The van der Waals surface area contributed by atoms with Crippen molar-refractivity contribution in [1.29, 1.82) is 0 Å². The number of aromatic nitrogens is 2. The highest BCUT2D eigenvalue weighted by Gasteiger charge is 2.25. The first-order chi connectivity index (χ1) is 11.7. The first kappa shape index (κ1) is 16.6. The van der Waals surface area contributed by atoms with Crippen LogP contribution in [-0.4, -0.2) is 41.5 Å². The van der Waals surface area contributed by atoms with Crippen molar-refractivity contribution in [1.82, 2.24) is 14.9 Å². The van der Waals surface area contributed by atoms with E-state index in [0.717, 1.165) is 24.2 Å². The van der Waals surface area contributed by atoms with Gasteiger partial charge < -0.3 is 9.64 Å². The number of likely N-dealkylation sites (N-methyl/N-ethyl adjacent to an activating group) is 1. The summed E-state index contributed by atoms with van der Waals surface area (Å²) in [6, 6.07) is 7.48. The Hall–Kier alpha value is -2.27. The zero-order valence-corrected chi connectivity index (χ0v) is 14.2. The number of methoxy groups -OCH3 is 1. The molecular weight excluding hydrogens is 302 g/mol. The molecular formula is C19H23N3O2. The molecule has 0 bridgehead atoms. The second-order valence-corrected chi connectivity index (χ2v) is 6.18. The predicted molar refractivity (Wildman–Crippen MR) is 91.8 cm³/mol. The van der Waals surface area contributed by atoms with E-state index < -0.39 is 0 Å². The zero-order valence-electron chi connectivity index (χ0n) is 14.2. The monoisotopic (exact) mass is 325 g/mol. The summed E-state index contributed by atoms with van der Waals surface area (Å²) in [5.74, 6) is -0.0522. The van der Waals surface area contributed by atoms with E-state index in [1.165, 1.54) is 18.4 Å². The maximum Gasteiger partial charge on any atom is 0.255 e. The predicted octanol–water partition coefficient (Wildman–Crippen LogP) is 2.82. The molecule has 126 valence electrons. The summed E-state index contributed by atoms with van der Waals surface area (Å²) in [7, 11) is 3.43. The Kier molecular flexibility index (Phi) is 5.20. The van der Waals surface area contributed by atoms with Crippen molar-refractivity contribution in [2.75, 3.05) is 20.8 Å². The van der Waals surface area contributed by atoms with Crippen LogP contribution in [0.2, 0.25) is 0 Å². The molecule has 1 aliphatic rings. The molecule has 2 aromatic heterocycles. The number of fused-ring (bicyclic) bond motifs is 1. The minimum Gasteiger partial charge on any atom is -0.382 e. The average Bonchev–Trinajstić information content (AvgIpc) is 2.65. The number of aryl methyl sites for hydroxylation is 2. The fraction of sp³-hybridized carbons (Fsp3) is 0.421. The molecule has 0 spiro atoms. The van der Waals surface area contributed by atoms with Crippen LogP contribution in [0.1, 0.15) is 46.2 Å². The number of carbonyl (C=O) groups is 1. The van der Waals surface area contributed by atoms with Gasteiger partial charge in [0.05, 0.1) is 23.9 Å². The molecule has 0 unspecified atom stereocenters. The topological polar surface area (TPSA) is 55.3 Å². The Morgan fingerprint density at radius 3 is 2.88 bits per heavy atom. The number of carbonyl (C=O) groups excluding carboxylic acids is 1. The van der Waals surface area contributed by atoms with Crippen LogP contribution in [0.15, 0.2) is 36.7 Å². The van der Waals surface area contributed by atoms with Crippen LogP contribution in [0.25, 0.3) is 0 Å². The van der Waals surface area contributed by atoms with Crippen LogP contribution in [0, 0.1) is 0 Å². The highest BCUT2D eigenvalue weighted by molar-refractivity contribution is 5.94. The van der Waals surface area contributed by atoms with Gasteiger partial charge in [0.2, 0.25) is 0 Å². The minimum absolute atomic E-state index is 0.0522. The first-order valence-electron chi connectivity index (χ1n) is 8.35. The summed E-state index contributed by atoms with van der Waals surface area (Å²) >= 11 is 0. The van der Waals surface area contributed by atoms with Crippen molar-refractivity contribution in [3.8, 4) is 0 Å². The molecule has 5 heteroatoms. The molecule has 1 atom stereocenters. The third-order valence-corrected chi connectivity index (χ3v) is 4.56. The van der Waals surface area contributed by atoms with Crippen LogP contribution in [0.4, 0.5) is 0 Å². The van der Waals surface area contributed by atoms with Crippen LogP contribution in [0.5, 0.6) is 0 Å². The maximum absolute atomic E-state index is 12.9. The summed E-state index contributed by atoms with van der Waals surface area (Å²) in [6.45, 7) is 0.400. The van der Waals surface area contributed by atoms with Crippen molar-refractivity contribution in [2.45, 2.75) is 31.7 Å². The molecule has 0 aliphatic heterocycles. The van der Waals surface area contributed by atoms with Gasteiger partial charge in [0.15, 0.2) is 0 Å². The van der Waals surface area contributed by atoms with Gasteiger partial charge in [0.25, 0.3) is 5.91 Å². The molecule has 2 aromatic rings. The highest BCUT2D eigenvalue weighted by atomic mass is 16.5. The number of amides is 1. The third kappa shape index (κ3) is 3.46. The number of hydrogen-bond acceptors (Lipinski definition) is 4. The van der Waals surface area contributed by atoms with E-state index in [9.17, 15) is 4.79 Å². The lowest BCUT2D eigenvalue weighted by atomic mass is 9.95. The van der Waals surface area contributed by atoms with Crippen molar-refractivity contribution in [3.05, 3.63) is 59.2 Å². The highest BCUT2D eigenvalue weighted by Crippen LogP contribution is 2.23. The Labute approximate surface area is 142 Å². The van der Waals surface area contributed by atoms with E-state index in [2.05, 4.69) is 9.97 Å². The molecule has 1 aliphatic carbocycles. The molecule has 0 saturated heterocycles. The molecule has 5 nitrogen and oxygen atoms in total. The smallest absolute Gasteiger partial charge is 0.255 e. The first-order valence-corrected chi connectivity index (χ1v) is 8.35. The summed E-state index contributed by atoms with van der Waals surface area (Å²) in [5, 5.41) is 0. The lowest BCUT2D eigenvalue weighted by molar-refractivity contribution is 0.0594. The number of pyridine rings is 2. The number of ether oxygens (including phenoxy) is 1. The van der Waals surface area contributed by atoms with Crippen molar-refractivity contribution in [2.24, 2.45) is 0 Å². The SMILES string of the molecule is COC[C@@H](c1ccccn1)N(C)C(=O)c1cnc2c(c1)CCCC2. The largest absolute Gasteiger partial charge is 0.382 e. The van der Waals surface area contributed by atoms with Gasteiger partial charge in [-0.05, 0) is 49.4 Å². The summed E-state index contributed by atoms with van der Waals surface area (Å²) in [5.41, 5.74) is 3.80. The molecule has 1 amide bonds. The van der Waals surface area contributed by atoms with E-state index in [1.807, 2.05) is 24.3 Å². The second kappa shape index (κ2) is 7.53. The van der Waals surface area contributed by atoms with Crippen LogP contribution in [-0.2, 0) is 17.6 Å². The molecule has 0 aromatic carbocycles. The normalized spacial score (nSPS) is 14.8. The van der Waals surface area contributed by atoms with Crippen molar-refractivity contribution >= 4 is 5.91 Å². The van der Waals surface area contributed by atoms with Gasteiger partial charge in [0, 0.05) is 32.2 Å². The standard InChI is InChI=1S/C19H23N3O2/c1-22(18(13-24-2)17-9-5-6-10-20-17)19(23)15-11-14-7-3-4-8-16(14)21-12-15/h5-6,9-12,18H,3-4,7-8,13H2,1-2H3/t18-/m0/s1. The molecule has 0 saturated carbocycles. The Morgan fingerprint density at radius 1 is 1.29 bits per heavy atom. The average molecular weight is 325 g/mol. The number of hydrogen-bond donors (Lipinski definition) is 0. The van der Waals surface area contributed by atoms with Gasteiger partial charge >= 0.3 is 0 Å². The van der Waals surface area contributed by atoms with Crippen LogP contribution >= 0.6 is 0 Å². The molecule has 0 radical (unpaired) electrons. The van der Waals surface area contributed by atoms with Crippen LogP contribution in [0.3, 0.4) is 0 Å². The molecule has 2 heterocycles. The van der Waals surface area contributed by atoms with Crippen molar-refractivity contribution < 1.29 is 9.53 Å². The van der Waals surface area contributed by atoms with E-state index in [-0.39, 0.29) is 11.9 Å². The van der Waals surface area contributed by atoms with Gasteiger partial charge in [-0.2, -0.15) is 0 Å². The third-order valence-electron chi connectivity index (χ3n) is 4.56. The van der Waals surface area contributed by atoms with Gasteiger partial charge in [-0.3, -0.25) is 14.8 Å². The lowest BCUT2D eigenvalue weighted by Gasteiger charge is -2.27. The van der Waals surface area contributed by atoms with Gasteiger partial charge in [-0.1, -0.05) is 6.07 Å². The summed E-state index contributed by atoms with van der Waals surface area (Å²) in [6.07, 6.45) is 7.81. The zero-order chi connectivity index (χ0) is 16.9. The molecule has 0 fully saturated rings. The molecule has 0 N–H and O–H groups in total. The van der Waals surface area contributed by atoms with Gasteiger partial charge in [-0.25, -0.2) is 0 Å². The molecule has 3 rings (SSSR count). The van der Waals surface area contributed by atoms with E-state index in [0.29, 0.717) is 12.2 Å². The summed E-state index contributed by atoms with van der Waals surface area (Å²) < 4.78 is 5.31. The van der Waals surface area contributed by atoms with E-state index in [4.69, 9.17) is 4.74 Å². The number of rotatable bonds is 5. The van der Waals surface area contributed by atoms with Gasteiger partial charge in [0.1, 0.15) is 0 Å². The Bertz CT molecular complexity index is 703.